The fourth-order valence-electron chi connectivity index (χ4n) is 6.61. The maximum Gasteiger partial charge on any atom is 0.0547 e. The van der Waals surface area contributed by atoms with Crippen LogP contribution in [0.1, 0.15) is 0 Å². The van der Waals surface area contributed by atoms with Crippen molar-refractivity contribution in [3.05, 3.63) is 120 Å². The van der Waals surface area contributed by atoms with Crippen LogP contribution in [0.15, 0.2) is 120 Å². The van der Waals surface area contributed by atoms with Crippen molar-refractivity contribution in [2.45, 2.75) is 0 Å². The lowest BCUT2D eigenvalue weighted by Gasteiger charge is -2.14. The molecule has 0 amide bonds. The number of hydrogen-bond donors (Lipinski definition) is 0. The number of halogens is 1. The topological polar surface area (TPSA) is 9.86 Å². The lowest BCUT2D eigenvalue weighted by atomic mass is 10.0. The first-order chi connectivity index (χ1) is 18.3. The summed E-state index contributed by atoms with van der Waals surface area (Å²) in [6, 6.07) is 42.3. The Kier molecular flexibility index (Phi) is 3.69. The van der Waals surface area contributed by atoms with Crippen LogP contribution in [0.25, 0.3) is 76.5 Å². The summed E-state index contributed by atoms with van der Waals surface area (Å²) in [7, 11) is 0. The van der Waals surface area contributed by atoms with Gasteiger partial charge in [-0.05, 0) is 64.0 Å². The SMILES string of the molecule is Brc1cc(-n2c3cccc4ccc5cccc2c5c43)cc(-n2c3cccc4ccc5cccc2c5c43)c1. The molecule has 0 atom stereocenters. The molecule has 0 saturated carbocycles. The zero-order valence-corrected chi connectivity index (χ0v) is 21.3. The lowest BCUT2D eigenvalue weighted by Crippen LogP contribution is -1.99. The van der Waals surface area contributed by atoms with E-state index in [9.17, 15) is 0 Å². The first-order valence-electron chi connectivity index (χ1n) is 12.6. The fraction of sp³-hybridized carbons (Fsp3) is 0. The van der Waals surface area contributed by atoms with E-state index in [0.717, 1.165) is 15.8 Å². The predicted molar refractivity (Wildman–Crippen MR) is 160 cm³/mol. The number of benzene rings is 7. The van der Waals surface area contributed by atoms with Crippen molar-refractivity contribution in [1.29, 1.82) is 0 Å². The van der Waals surface area contributed by atoms with Crippen LogP contribution in [0.3, 0.4) is 0 Å². The molecule has 2 heterocycles. The van der Waals surface area contributed by atoms with Crippen LogP contribution in [0.4, 0.5) is 0 Å². The van der Waals surface area contributed by atoms with Gasteiger partial charge < -0.3 is 9.13 Å². The van der Waals surface area contributed by atoms with Crippen molar-refractivity contribution in [2.24, 2.45) is 0 Å². The van der Waals surface area contributed by atoms with E-state index in [-0.39, 0.29) is 0 Å². The molecule has 7 aromatic carbocycles. The minimum atomic E-state index is 1.06. The second-order valence-electron chi connectivity index (χ2n) is 9.97. The molecule has 0 aliphatic heterocycles. The van der Waals surface area contributed by atoms with Crippen molar-refractivity contribution in [1.82, 2.24) is 9.13 Å². The Morgan fingerprint density at radius 2 is 0.703 bits per heavy atom. The third kappa shape index (κ3) is 2.49. The largest absolute Gasteiger partial charge is 0.309 e. The molecule has 0 N–H and O–H groups in total. The van der Waals surface area contributed by atoms with Crippen LogP contribution < -0.4 is 0 Å². The second-order valence-corrected chi connectivity index (χ2v) is 10.9. The van der Waals surface area contributed by atoms with E-state index in [0.29, 0.717) is 0 Å². The van der Waals surface area contributed by atoms with Gasteiger partial charge in [-0.2, -0.15) is 0 Å². The smallest absolute Gasteiger partial charge is 0.0547 e. The maximum atomic E-state index is 3.87. The van der Waals surface area contributed by atoms with Gasteiger partial charge in [-0.15, -0.1) is 0 Å². The van der Waals surface area contributed by atoms with E-state index in [1.54, 1.807) is 0 Å². The van der Waals surface area contributed by atoms with Gasteiger partial charge in [-0.1, -0.05) is 88.7 Å². The Hall–Kier alpha value is -4.34. The highest BCUT2D eigenvalue weighted by Crippen LogP contribution is 2.42. The molecule has 9 rings (SSSR count). The molecule has 0 radical (unpaired) electrons. The molecule has 0 saturated heterocycles. The van der Waals surface area contributed by atoms with Crippen molar-refractivity contribution in [3.8, 4) is 11.4 Å². The van der Waals surface area contributed by atoms with Gasteiger partial charge in [-0.25, -0.2) is 0 Å². The number of hydrogen-bond acceptors (Lipinski definition) is 0. The Morgan fingerprint density at radius 1 is 0.378 bits per heavy atom. The fourth-order valence-corrected chi connectivity index (χ4v) is 7.08. The molecule has 2 nitrogen and oxygen atoms in total. The summed E-state index contributed by atoms with van der Waals surface area (Å²) < 4.78 is 5.90. The summed E-state index contributed by atoms with van der Waals surface area (Å²) in [4.78, 5) is 0. The maximum absolute atomic E-state index is 3.87. The number of aromatic nitrogens is 2. The van der Waals surface area contributed by atoms with Gasteiger partial charge in [0, 0.05) is 37.4 Å². The summed E-state index contributed by atoms with van der Waals surface area (Å²) >= 11 is 3.87. The van der Waals surface area contributed by atoms with E-state index < -0.39 is 0 Å². The van der Waals surface area contributed by atoms with Crippen molar-refractivity contribution < 1.29 is 0 Å². The Bertz CT molecular complexity index is 2020. The molecular weight excluding hydrogens is 516 g/mol. The van der Waals surface area contributed by atoms with Crippen molar-refractivity contribution in [2.75, 3.05) is 0 Å². The van der Waals surface area contributed by atoms with Crippen molar-refractivity contribution in [3.63, 3.8) is 0 Å². The highest BCUT2D eigenvalue weighted by atomic mass is 79.9. The standard InChI is InChI=1S/C34H19BrN2/c35-24-17-25(36-27-9-1-5-20-13-14-21-6-2-10-28(36)32(21)31(20)27)19-26(18-24)37-29-11-3-7-22-15-16-23-8-4-12-30(37)34(23)33(22)29/h1-19H. The second kappa shape index (κ2) is 6.90. The Morgan fingerprint density at radius 3 is 1.03 bits per heavy atom. The summed E-state index contributed by atoms with van der Waals surface area (Å²) in [5, 5.41) is 10.5. The highest BCUT2D eigenvalue weighted by molar-refractivity contribution is 9.10. The number of nitrogens with zero attached hydrogens (tertiary/aromatic N) is 2. The van der Waals surface area contributed by atoms with Gasteiger partial charge in [-0.3, -0.25) is 0 Å². The van der Waals surface area contributed by atoms with Gasteiger partial charge in [0.1, 0.15) is 0 Å². The molecule has 37 heavy (non-hydrogen) atoms. The Balaban J connectivity index is 1.42. The van der Waals surface area contributed by atoms with Crippen LogP contribution in [-0.4, -0.2) is 9.13 Å². The first kappa shape index (κ1) is 19.8. The molecule has 3 heteroatoms. The van der Waals surface area contributed by atoms with Crippen LogP contribution in [-0.2, 0) is 0 Å². The minimum Gasteiger partial charge on any atom is -0.309 e. The molecular formula is C34H19BrN2. The molecule has 172 valence electrons. The van der Waals surface area contributed by atoms with Gasteiger partial charge in [0.15, 0.2) is 0 Å². The minimum absolute atomic E-state index is 1.06. The zero-order valence-electron chi connectivity index (χ0n) is 19.7. The first-order valence-corrected chi connectivity index (χ1v) is 13.4. The van der Waals surface area contributed by atoms with Crippen LogP contribution in [0.2, 0.25) is 0 Å². The van der Waals surface area contributed by atoms with Crippen LogP contribution >= 0.6 is 15.9 Å². The molecule has 9 aromatic rings. The average Bonchev–Trinajstić information content (AvgIpc) is 3.46. The van der Waals surface area contributed by atoms with Gasteiger partial charge >= 0.3 is 0 Å². The molecule has 0 bridgehead atoms. The Labute approximate surface area is 220 Å². The molecule has 0 aliphatic carbocycles. The normalized spacial score (nSPS) is 12.5. The third-order valence-corrected chi connectivity index (χ3v) is 8.49. The molecule has 0 unspecified atom stereocenters. The molecule has 0 spiro atoms. The summed E-state index contributed by atoms with van der Waals surface area (Å²) in [5.74, 6) is 0. The van der Waals surface area contributed by atoms with E-state index in [1.807, 2.05) is 0 Å². The van der Waals surface area contributed by atoms with E-state index in [2.05, 4.69) is 140 Å². The summed E-state index contributed by atoms with van der Waals surface area (Å²) in [6.07, 6.45) is 0. The quantitative estimate of drug-likeness (QED) is 0.195. The monoisotopic (exact) mass is 534 g/mol. The number of rotatable bonds is 2. The van der Waals surface area contributed by atoms with E-state index in [1.165, 1.54) is 65.2 Å². The van der Waals surface area contributed by atoms with Gasteiger partial charge in [0.05, 0.1) is 22.1 Å². The summed E-state index contributed by atoms with van der Waals surface area (Å²) in [5.41, 5.74) is 7.25. The van der Waals surface area contributed by atoms with E-state index in [4.69, 9.17) is 0 Å². The summed E-state index contributed by atoms with van der Waals surface area (Å²) in [6.45, 7) is 0. The van der Waals surface area contributed by atoms with Crippen LogP contribution in [0, 0.1) is 0 Å². The van der Waals surface area contributed by atoms with Gasteiger partial charge in [0.25, 0.3) is 0 Å². The molecule has 0 aliphatic rings. The highest BCUT2D eigenvalue weighted by Gasteiger charge is 2.19. The zero-order chi connectivity index (χ0) is 24.2. The van der Waals surface area contributed by atoms with Crippen molar-refractivity contribution >= 4 is 81.1 Å². The van der Waals surface area contributed by atoms with Gasteiger partial charge in [0.2, 0.25) is 0 Å². The lowest BCUT2D eigenvalue weighted by molar-refractivity contribution is 1.13. The predicted octanol–water partition coefficient (Wildman–Crippen LogP) is 9.83. The third-order valence-electron chi connectivity index (χ3n) is 8.03. The molecule has 2 aromatic heterocycles. The average molecular weight is 535 g/mol. The molecule has 0 fully saturated rings. The van der Waals surface area contributed by atoms with Crippen LogP contribution in [0.5, 0.6) is 0 Å². The van der Waals surface area contributed by atoms with E-state index >= 15 is 0 Å².